The number of carboxylic acid groups (broad SMARTS) is 1. The Morgan fingerprint density at radius 3 is 2.55 bits per heavy atom. The number of alkyl carbamates (subject to hydrolysis) is 1. The van der Waals surface area contributed by atoms with Crippen molar-refractivity contribution in [3.63, 3.8) is 0 Å². The molecule has 0 saturated heterocycles. The lowest BCUT2D eigenvalue weighted by Gasteiger charge is -2.15. The quantitative estimate of drug-likeness (QED) is 0.838. The van der Waals surface area contributed by atoms with Crippen molar-refractivity contribution >= 4 is 35.0 Å². The summed E-state index contributed by atoms with van der Waals surface area (Å²) in [6, 6.07) is 11.9. The molecule has 1 atom stereocenters. The van der Waals surface area contributed by atoms with Crippen molar-refractivity contribution in [2.75, 3.05) is 0 Å². The van der Waals surface area contributed by atoms with E-state index in [1.165, 1.54) is 11.3 Å². The van der Waals surface area contributed by atoms with E-state index in [1.807, 2.05) is 30.3 Å². The summed E-state index contributed by atoms with van der Waals surface area (Å²) in [5.41, 5.74) is 0.853. The van der Waals surface area contributed by atoms with Crippen molar-refractivity contribution in [2.45, 2.75) is 19.1 Å². The van der Waals surface area contributed by atoms with Crippen LogP contribution in [-0.4, -0.2) is 17.2 Å². The molecule has 0 fully saturated rings. The number of nitrogens with one attached hydrogen (secondary N) is 1. The Hall–Kier alpha value is -2.05. The molecule has 1 unspecified atom stereocenters. The molecule has 0 radical (unpaired) electrons. The third-order valence-corrected chi connectivity index (χ3v) is 4.17. The number of hydrogen-bond acceptors (Lipinski definition) is 4. The van der Waals surface area contributed by atoms with Crippen LogP contribution < -0.4 is 5.32 Å². The molecule has 116 valence electrons. The fourth-order valence-electron chi connectivity index (χ4n) is 1.82. The molecule has 2 rings (SSSR count). The summed E-state index contributed by atoms with van der Waals surface area (Å²) in [5.74, 6) is -1.02. The second-order valence-corrected chi connectivity index (χ2v) is 6.25. The van der Waals surface area contributed by atoms with Gasteiger partial charge in [-0.3, -0.25) is 4.79 Å². The standard InChI is InChI=1S/C15H14ClNO4S/c16-13-7-6-12(22-13)11(8-14(18)19)17-15(20)21-9-10-4-2-1-3-5-10/h1-7,11H,8-9H2,(H,17,20)(H,18,19). The molecule has 1 heterocycles. The maximum Gasteiger partial charge on any atom is 0.407 e. The highest BCUT2D eigenvalue weighted by Crippen LogP contribution is 2.28. The fourth-order valence-corrected chi connectivity index (χ4v) is 2.93. The smallest absolute Gasteiger partial charge is 0.407 e. The van der Waals surface area contributed by atoms with Gasteiger partial charge in [-0.15, -0.1) is 11.3 Å². The highest BCUT2D eigenvalue weighted by molar-refractivity contribution is 7.16. The molecule has 5 nitrogen and oxygen atoms in total. The molecule has 0 saturated carbocycles. The van der Waals surface area contributed by atoms with Gasteiger partial charge in [-0.1, -0.05) is 41.9 Å². The number of carbonyl (C=O) groups is 2. The summed E-state index contributed by atoms with van der Waals surface area (Å²) in [6.07, 6.45) is -0.906. The highest BCUT2D eigenvalue weighted by Gasteiger charge is 2.20. The number of carboxylic acids is 1. The van der Waals surface area contributed by atoms with E-state index in [0.717, 1.165) is 5.56 Å². The van der Waals surface area contributed by atoms with Gasteiger partial charge >= 0.3 is 12.1 Å². The van der Waals surface area contributed by atoms with E-state index in [2.05, 4.69) is 5.32 Å². The molecule has 7 heteroatoms. The number of halogens is 1. The predicted octanol–water partition coefficient (Wildman–Crippen LogP) is 3.84. The van der Waals surface area contributed by atoms with Gasteiger partial charge in [0.25, 0.3) is 0 Å². The van der Waals surface area contributed by atoms with E-state index >= 15 is 0 Å². The summed E-state index contributed by atoms with van der Waals surface area (Å²) < 4.78 is 5.63. The number of thiophene rings is 1. The van der Waals surface area contributed by atoms with Crippen LogP contribution in [0.4, 0.5) is 4.79 Å². The Labute approximate surface area is 136 Å². The van der Waals surface area contributed by atoms with Crippen molar-refractivity contribution in [3.05, 3.63) is 57.2 Å². The van der Waals surface area contributed by atoms with E-state index in [-0.39, 0.29) is 13.0 Å². The molecule has 22 heavy (non-hydrogen) atoms. The van der Waals surface area contributed by atoms with Crippen LogP contribution in [0.15, 0.2) is 42.5 Å². The minimum Gasteiger partial charge on any atom is -0.481 e. The largest absolute Gasteiger partial charge is 0.481 e. The number of benzene rings is 1. The Morgan fingerprint density at radius 2 is 1.95 bits per heavy atom. The van der Waals surface area contributed by atoms with Crippen LogP contribution in [0.1, 0.15) is 22.9 Å². The first-order chi connectivity index (χ1) is 10.5. The van der Waals surface area contributed by atoms with E-state index in [9.17, 15) is 9.59 Å². The summed E-state index contributed by atoms with van der Waals surface area (Å²) in [5, 5.41) is 11.5. The van der Waals surface area contributed by atoms with Crippen LogP contribution in [0.5, 0.6) is 0 Å². The van der Waals surface area contributed by atoms with Gasteiger partial charge in [-0.25, -0.2) is 4.79 Å². The maximum absolute atomic E-state index is 11.8. The first-order valence-electron chi connectivity index (χ1n) is 6.49. The van der Waals surface area contributed by atoms with Gasteiger partial charge in [-0.2, -0.15) is 0 Å². The lowest BCUT2D eigenvalue weighted by Crippen LogP contribution is -2.30. The molecule has 1 amide bonds. The molecule has 2 aromatic rings. The van der Waals surface area contributed by atoms with Gasteiger partial charge in [0.2, 0.25) is 0 Å². The van der Waals surface area contributed by atoms with Crippen molar-refractivity contribution < 1.29 is 19.4 Å². The Balaban J connectivity index is 1.94. The third kappa shape index (κ3) is 5.05. The number of hydrogen-bond donors (Lipinski definition) is 2. The molecule has 0 aliphatic heterocycles. The Bertz CT molecular complexity index is 644. The van der Waals surface area contributed by atoms with Crippen molar-refractivity contribution in [2.24, 2.45) is 0 Å². The molecular weight excluding hydrogens is 326 g/mol. The molecule has 2 N–H and O–H groups in total. The number of rotatable bonds is 6. The van der Waals surface area contributed by atoms with Crippen LogP contribution in [0.2, 0.25) is 4.34 Å². The molecular formula is C15H14ClNO4S. The van der Waals surface area contributed by atoms with E-state index in [0.29, 0.717) is 9.21 Å². The second kappa shape index (κ2) is 7.82. The molecule has 1 aromatic heterocycles. The zero-order valence-electron chi connectivity index (χ0n) is 11.5. The van der Waals surface area contributed by atoms with E-state index in [4.69, 9.17) is 21.4 Å². The zero-order chi connectivity index (χ0) is 15.9. The lowest BCUT2D eigenvalue weighted by molar-refractivity contribution is -0.137. The van der Waals surface area contributed by atoms with Crippen LogP contribution >= 0.6 is 22.9 Å². The molecule has 0 spiro atoms. The average molecular weight is 340 g/mol. The fraction of sp³-hybridized carbons (Fsp3) is 0.200. The van der Waals surface area contributed by atoms with Crippen molar-refractivity contribution in [1.82, 2.24) is 5.32 Å². The van der Waals surface area contributed by atoms with E-state index < -0.39 is 18.1 Å². The molecule has 1 aromatic carbocycles. The van der Waals surface area contributed by atoms with E-state index in [1.54, 1.807) is 12.1 Å². The first-order valence-corrected chi connectivity index (χ1v) is 7.68. The van der Waals surface area contributed by atoms with Crippen LogP contribution in [-0.2, 0) is 16.1 Å². The van der Waals surface area contributed by atoms with Crippen LogP contribution in [0, 0.1) is 0 Å². The van der Waals surface area contributed by atoms with Gasteiger partial charge in [0.05, 0.1) is 16.8 Å². The number of aliphatic carboxylic acids is 1. The average Bonchev–Trinajstić information content (AvgIpc) is 2.92. The number of carbonyl (C=O) groups excluding carboxylic acids is 1. The topological polar surface area (TPSA) is 75.6 Å². The van der Waals surface area contributed by atoms with Gasteiger partial charge in [0.15, 0.2) is 0 Å². The molecule has 0 aliphatic carbocycles. The van der Waals surface area contributed by atoms with Crippen molar-refractivity contribution in [1.29, 1.82) is 0 Å². The monoisotopic (exact) mass is 339 g/mol. The summed E-state index contributed by atoms with van der Waals surface area (Å²) in [6.45, 7) is 0.123. The normalized spacial score (nSPS) is 11.7. The highest BCUT2D eigenvalue weighted by atomic mass is 35.5. The third-order valence-electron chi connectivity index (χ3n) is 2.82. The zero-order valence-corrected chi connectivity index (χ0v) is 13.1. The first kappa shape index (κ1) is 16.3. The predicted molar refractivity (Wildman–Crippen MR) is 84.1 cm³/mol. The van der Waals surface area contributed by atoms with Gasteiger partial charge in [0.1, 0.15) is 6.61 Å². The minimum absolute atomic E-state index is 0.123. The minimum atomic E-state index is -1.02. The lowest BCUT2D eigenvalue weighted by atomic mass is 10.2. The molecule has 0 aliphatic rings. The summed E-state index contributed by atoms with van der Waals surface area (Å²) in [7, 11) is 0. The molecule has 0 bridgehead atoms. The van der Waals surface area contributed by atoms with Crippen LogP contribution in [0.3, 0.4) is 0 Å². The van der Waals surface area contributed by atoms with Crippen LogP contribution in [0.25, 0.3) is 0 Å². The van der Waals surface area contributed by atoms with Gasteiger partial charge in [0, 0.05) is 4.88 Å². The number of amides is 1. The summed E-state index contributed by atoms with van der Waals surface area (Å²) >= 11 is 7.07. The maximum atomic E-state index is 11.8. The Kier molecular flexibility index (Phi) is 5.80. The van der Waals surface area contributed by atoms with Gasteiger partial charge < -0.3 is 15.2 Å². The summed E-state index contributed by atoms with van der Waals surface area (Å²) in [4.78, 5) is 23.4. The SMILES string of the molecule is O=C(O)CC(NC(=O)OCc1ccccc1)c1ccc(Cl)s1. The Morgan fingerprint density at radius 1 is 1.23 bits per heavy atom. The van der Waals surface area contributed by atoms with Gasteiger partial charge in [-0.05, 0) is 17.7 Å². The number of ether oxygens (including phenoxy) is 1. The second-order valence-electron chi connectivity index (χ2n) is 4.50. The van der Waals surface area contributed by atoms with Crippen molar-refractivity contribution in [3.8, 4) is 0 Å².